The lowest BCUT2D eigenvalue weighted by Gasteiger charge is -2.35. The van der Waals surface area contributed by atoms with Crippen LogP contribution in [0, 0.1) is 0 Å². The average Bonchev–Trinajstić information content (AvgIpc) is 2.82. The van der Waals surface area contributed by atoms with Crippen molar-refractivity contribution in [3.05, 3.63) is 54.2 Å². The minimum absolute atomic E-state index is 0.448. The number of nitrogens with one attached hydrogen (secondary N) is 2. The van der Waals surface area contributed by atoms with E-state index in [9.17, 15) is 0 Å². The van der Waals surface area contributed by atoms with Gasteiger partial charge < -0.3 is 25.0 Å². The van der Waals surface area contributed by atoms with E-state index in [-0.39, 0.29) is 0 Å². The summed E-state index contributed by atoms with van der Waals surface area (Å²) in [5.41, 5.74) is 1.05. The van der Waals surface area contributed by atoms with Crippen LogP contribution in [0.2, 0.25) is 0 Å². The van der Waals surface area contributed by atoms with Crippen molar-refractivity contribution in [3.8, 4) is 11.6 Å². The monoisotopic (exact) mass is 439 g/mol. The smallest absolute Gasteiger partial charge is 0.213 e. The second-order valence-electron chi connectivity index (χ2n) is 8.26. The fourth-order valence-corrected chi connectivity index (χ4v) is 3.66. The van der Waals surface area contributed by atoms with Gasteiger partial charge in [-0.05, 0) is 51.3 Å². The third-order valence-corrected chi connectivity index (χ3v) is 5.51. The van der Waals surface area contributed by atoms with E-state index < -0.39 is 0 Å². The molecule has 0 bridgehead atoms. The van der Waals surface area contributed by atoms with Crippen LogP contribution in [0.25, 0.3) is 0 Å². The Balaban J connectivity index is 1.42. The number of ether oxygens (including phenoxy) is 2. The first kappa shape index (κ1) is 23.9. The van der Waals surface area contributed by atoms with Crippen molar-refractivity contribution in [2.45, 2.75) is 52.2 Å². The summed E-state index contributed by atoms with van der Waals surface area (Å²) in [6.07, 6.45) is 4.11. The molecule has 2 heterocycles. The zero-order valence-electron chi connectivity index (χ0n) is 19.6. The molecule has 0 radical (unpaired) electrons. The van der Waals surface area contributed by atoms with Crippen LogP contribution in [0.15, 0.2) is 53.7 Å². The van der Waals surface area contributed by atoms with Gasteiger partial charge in [0.1, 0.15) is 19.0 Å². The number of aliphatic imine (C=N–C) groups is 1. The molecule has 0 saturated carbocycles. The zero-order valence-corrected chi connectivity index (χ0v) is 19.6. The average molecular weight is 440 g/mol. The molecule has 7 nitrogen and oxygen atoms in total. The molecule has 32 heavy (non-hydrogen) atoms. The van der Waals surface area contributed by atoms with Crippen LogP contribution >= 0.6 is 0 Å². The van der Waals surface area contributed by atoms with Crippen LogP contribution in [-0.2, 0) is 6.54 Å². The molecule has 1 aliphatic heterocycles. The fourth-order valence-electron chi connectivity index (χ4n) is 3.66. The normalized spacial score (nSPS) is 15.6. The number of guanidine groups is 1. The quantitative estimate of drug-likeness (QED) is 0.336. The topological polar surface area (TPSA) is 71.0 Å². The molecule has 0 unspecified atom stereocenters. The number of piperidine rings is 1. The highest BCUT2D eigenvalue weighted by molar-refractivity contribution is 5.80. The minimum Gasteiger partial charge on any atom is -0.490 e. The molecule has 1 aromatic carbocycles. The zero-order chi connectivity index (χ0) is 22.6. The SMILES string of the molecule is CCNC(=NCc1ccc(OCCOc2ccccc2)nc1)NC1CCN(C(C)C)CC1. The highest BCUT2D eigenvalue weighted by Crippen LogP contribution is 2.13. The van der Waals surface area contributed by atoms with Crippen molar-refractivity contribution < 1.29 is 9.47 Å². The fraction of sp³-hybridized carbons (Fsp3) is 0.520. The highest BCUT2D eigenvalue weighted by atomic mass is 16.5. The van der Waals surface area contributed by atoms with Gasteiger partial charge in [0.05, 0.1) is 6.54 Å². The third kappa shape index (κ3) is 8.04. The number of benzene rings is 1. The first-order valence-electron chi connectivity index (χ1n) is 11.7. The number of rotatable bonds is 10. The van der Waals surface area contributed by atoms with Crippen molar-refractivity contribution in [3.63, 3.8) is 0 Å². The number of aromatic nitrogens is 1. The van der Waals surface area contributed by atoms with Gasteiger partial charge in [-0.15, -0.1) is 0 Å². The summed E-state index contributed by atoms with van der Waals surface area (Å²) in [7, 11) is 0. The molecule has 1 aromatic heterocycles. The van der Waals surface area contributed by atoms with Gasteiger partial charge in [-0.25, -0.2) is 9.98 Å². The van der Waals surface area contributed by atoms with Gasteiger partial charge in [-0.1, -0.05) is 24.3 Å². The number of hydrogen-bond donors (Lipinski definition) is 2. The Bertz CT molecular complexity index is 803. The summed E-state index contributed by atoms with van der Waals surface area (Å²) in [5, 5.41) is 6.96. The molecule has 1 aliphatic rings. The number of pyridine rings is 1. The van der Waals surface area contributed by atoms with Crippen molar-refractivity contribution in [2.24, 2.45) is 4.99 Å². The number of likely N-dealkylation sites (tertiary alicyclic amines) is 1. The maximum Gasteiger partial charge on any atom is 0.213 e. The molecule has 7 heteroatoms. The maximum atomic E-state index is 5.67. The maximum absolute atomic E-state index is 5.67. The van der Waals surface area contributed by atoms with Gasteiger partial charge in [0.2, 0.25) is 5.88 Å². The van der Waals surface area contributed by atoms with Crippen molar-refractivity contribution in [2.75, 3.05) is 32.8 Å². The molecule has 0 atom stereocenters. The molecule has 2 aromatic rings. The number of hydrogen-bond acceptors (Lipinski definition) is 5. The molecule has 0 spiro atoms. The van der Waals surface area contributed by atoms with Crippen LogP contribution in [0.3, 0.4) is 0 Å². The Morgan fingerprint density at radius 3 is 2.50 bits per heavy atom. The summed E-state index contributed by atoms with van der Waals surface area (Å²) in [5.74, 6) is 2.30. The van der Waals surface area contributed by atoms with E-state index in [2.05, 4.69) is 41.3 Å². The van der Waals surface area contributed by atoms with Crippen molar-refractivity contribution in [1.82, 2.24) is 20.5 Å². The van der Waals surface area contributed by atoms with E-state index in [1.807, 2.05) is 48.7 Å². The van der Waals surface area contributed by atoms with E-state index in [0.717, 1.165) is 49.7 Å². The number of nitrogens with zero attached hydrogens (tertiary/aromatic N) is 3. The van der Waals surface area contributed by atoms with Gasteiger partial charge in [0.25, 0.3) is 0 Å². The van der Waals surface area contributed by atoms with Crippen molar-refractivity contribution in [1.29, 1.82) is 0 Å². The molecule has 0 aliphatic carbocycles. The lowest BCUT2D eigenvalue weighted by molar-refractivity contribution is 0.167. The molecule has 1 fully saturated rings. The second kappa shape index (κ2) is 12.9. The summed E-state index contributed by atoms with van der Waals surface area (Å²) in [6.45, 7) is 11.2. The second-order valence-corrected chi connectivity index (χ2v) is 8.26. The standard InChI is InChI=1S/C25H37N5O2/c1-4-26-25(29-22-12-14-30(15-13-22)20(2)3)28-19-21-10-11-24(27-18-21)32-17-16-31-23-8-6-5-7-9-23/h5-11,18,20,22H,4,12-17,19H2,1-3H3,(H2,26,28,29). The van der Waals surface area contributed by atoms with Gasteiger partial charge in [0.15, 0.2) is 5.96 Å². The largest absolute Gasteiger partial charge is 0.490 e. The lowest BCUT2D eigenvalue weighted by Crippen LogP contribution is -2.49. The van der Waals surface area contributed by atoms with Gasteiger partial charge in [-0.2, -0.15) is 0 Å². The van der Waals surface area contributed by atoms with Gasteiger partial charge in [0, 0.05) is 44.0 Å². The Hall–Kier alpha value is -2.80. The minimum atomic E-state index is 0.448. The van der Waals surface area contributed by atoms with E-state index >= 15 is 0 Å². The molecule has 0 amide bonds. The van der Waals surface area contributed by atoms with Crippen LogP contribution in [0.5, 0.6) is 11.6 Å². The Morgan fingerprint density at radius 1 is 1.09 bits per heavy atom. The summed E-state index contributed by atoms with van der Waals surface area (Å²) < 4.78 is 11.3. The van der Waals surface area contributed by atoms with Gasteiger partial charge >= 0.3 is 0 Å². The first-order valence-corrected chi connectivity index (χ1v) is 11.7. The van der Waals surface area contributed by atoms with Crippen LogP contribution in [-0.4, -0.2) is 60.8 Å². The van der Waals surface area contributed by atoms with Crippen molar-refractivity contribution >= 4 is 5.96 Å². The molecule has 174 valence electrons. The van der Waals surface area contributed by atoms with E-state index in [4.69, 9.17) is 14.5 Å². The van der Waals surface area contributed by atoms with E-state index in [1.54, 1.807) is 0 Å². The lowest BCUT2D eigenvalue weighted by atomic mass is 10.0. The van der Waals surface area contributed by atoms with E-state index in [0.29, 0.717) is 37.7 Å². The molecule has 3 rings (SSSR count). The number of para-hydroxylation sites is 1. The van der Waals surface area contributed by atoms with Crippen LogP contribution in [0.1, 0.15) is 39.2 Å². The summed E-state index contributed by atoms with van der Waals surface area (Å²) >= 11 is 0. The summed E-state index contributed by atoms with van der Waals surface area (Å²) in [4.78, 5) is 11.7. The predicted octanol–water partition coefficient (Wildman–Crippen LogP) is 3.47. The molecule has 1 saturated heterocycles. The highest BCUT2D eigenvalue weighted by Gasteiger charge is 2.21. The first-order chi connectivity index (χ1) is 15.6. The summed E-state index contributed by atoms with van der Waals surface area (Å²) in [6, 6.07) is 14.7. The molecule has 2 N–H and O–H groups in total. The Labute approximate surface area is 192 Å². The van der Waals surface area contributed by atoms with Crippen LogP contribution < -0.4 is 20.1 Å². The molecular weight excluding hydrogens is 402 g/mol. The third-order valence-electron chi connectivity index (χ3n) is 5.51. The Morgan fingerprint density at radius 2 is 1.84 bits per heavy atom. The van der Waals surface area contributed by atoms with Crippen LogP contribution in [0.4, 0.5) is 0 Å². The predicted molar refractivity (Wildman–Crippen MR) is 129 cm³/mol. The Kier molecular flexibility index (Phi) is 9.62. The van der Waals surface area contributed by atoms with Gasteiger partial charge in [-0.3, -0.25) is 0 Å². The molecular formula is C25H37N5O2. The van der Waals surface area contributed by atoms with E-state index in [1.165, 1.54) is 0 Å².